The first-order valence-electron chi connectivity index (χ1n) is 7.79. The van der Waals surface area contributed by atoms with E-state index in [4.69, 9.17) is 20.1 Å². The highest BCUT2D eigenvalue weighted by Crippen LogP contribution is 2.36. The van der Waals surface area contributed by atoms with Crippen molar-refractivity contribution in [2.45, 2.75) is 0 Å². The number of carbonyl (C=O) groups excluding carboxylic acids is 1. The summed E-state index contributed by atoms with van der Waals surface area (Å²) in [4.78, 5) is 14.6. The lowest BCUT2D eigenvalue weighted by atomic mass is 10.2. The SMILES string of the molecule is COc1cc(C=C2SC(=N)N(c3ccc(Br)cc3)C2=O)ccc1OCC#N. The van der Waals surface area contributed by atoms with Crippen LogP contribution in [0.4, 0.5) is 5.69 Å². The summed E-state index contributed by atoms with van der Waals surface area (Å²) in [5.74, 6) is 0.668. The predicted molar refractivity (Wildman–Crippen MR) is 109 cm³/mol. The molecule has 0 unspecified atom stereocenters. The van der Waals surface area contributed by atoms with Crippen LogP contribution >= 0.6 is 27.7 Å². The molecule has 1 aliphatic rings. The monoisotopic (exact) mass is 443 g/mol. The van der Waals surface area contributed by atoms with Crippen LogP contribution in [0.3, 0.4) is 0 Å². The van der Waals surface area contributed by atoms with Crippen LogP contribution in [0.2, 0.25) is 0 Å². The zero-order valence-corrected chi connectivity index (χ0v) is 16.6. The fraction of sp³-hybridized carbons (Fsp3) is 0.105. The molecule has 1 saturated heterocycles. The Hall–Kier alpha value is -2.76. The summed E-state index contributed by atoms with van der Waals surface area (Å²) in [6, 6.07) is 14.3. The van der Waals surface area contributed by atoms with E-state index in [0.717, 1.165) is 21.8 Å². The first-order chi connectivity index (χ1) is 13.0. The van der Waals surface area contributed by atoms with Crippen LogP contribution in [0.5, 0.6) is 11.5 Å². The molecule has 0 radical (unpaired) electrons. The number of ether oxygens (including phenoxy) is 2. The van der Waals surface area contributed by atoms with Gasteiger partial charge in [0.1, 0.15) is 6.07 Å². The summed E-state index contributed by atoms with van der Waals surface area (Å²) < 4.78 is 11.5. The van der Waals surface area contributed by atoms with Gasteiger partial charge in [0.05, 0.1) is 17.7 Å². The number of hydrogen-bond donors (Lipinski definition) is 1. The first kappa shape index (κ1) is 19.0. The number of anilines is 1. The summed E-state index contributed by atoms with van der Waals surface area (Å²) in [5.41, 5.74) is 1.37. The summed E-state index contributed by atoms with van der Waals surface area (Å²) in [6.45, 7) is -0.0789. The van der Waals surface area contributed by atoms with E-state index < -0.39 is 0 Å². The standard InChI is InChI=1S/C19H14BrN3O3S/c1-25-16-10-12(2-7-15(16)26-9-8-21)11-17-18(24)23(19(22)27-17)14-5-3-13(20)4-6-14/h2-7,10-11,22H,9H2,1H3. The van der Waals surface area contributed by atoms with E-state index in [1.54, 1.807) is 36.4 Å². The van der Waals surface area contributed by atoms with E-state index in [0.29, 0.717) is 22.1 Å². The Kier molecular flexibility index (Phi) is 5.84. The zero-order chi connectivity index (χ0) is 19.4. The highest BCUT2D eigenvalue weighted by molar-refractivity contribution is 9.10. The third-order valence-corrected chi connectivity index (χ3v) is 5.10. The van der Waals surface area contributed by atoms with E-state index >= 15 is 0 Å². The van der Waals surface area contributed by atoms with Gasteiger partial charge in [0.25, 0.3) is 5.91 Å². The van der Waals surface area contributed by atoms with Crippen LogP contribution in [0.1, 0.15) is 5.56 Å². The highest BCUT2D eigenvalue weighted by Gasteiger charge is 2.33. The Morgan fingerprint density at radius 3 is 2.67 bits per heavy atom. The fourth-order valence-electron chi connectivity index (χ4n) is 2.47. The summed E-state index contributed by atoms with van der Waals surface area (Å²) in [7, 11) is 1.51. The molecule has 1 amide bonds. The van der Waals surface area contributed by atoms with E-state index in [-0.39, 0.29) is 17.7 Å². The normalized spacial score (nSPS) is 15.1. The average Bonchev–Trinajstić information content (AvgIpc) is 2.94. The molecule has 0 bridgehead atoms. The molecule has 0 aromatic heterocycles. The molecule has 2 aromatic carbocycles. The van der Waals surface area contributed by atoms with Gasteiger partial charge >= 0.3 is 0 Å². The molecule has 1 fully saturated rings. The predicted octanol–water partition coefficient (Wildman–Crippen LogP) is 4.42. The summed E-state index contributed by atoms with van der Waals surface area (Å²) in [5, 5.41) is 16.9. The number of nitrogens with one attached hydrogen (secondary N) is 1. The molecule has 3 rings (SSSR count). The molecule has 136 valence electrons. The second-order valence-electron chi connectivity index (χ2n) is 5.39. The maximum atomic E-state index is 12.8. The van der Waals surface area contributed by atoms with Gasteiger partial charge in [-0.2, -0.15) is 5.26 Å². The third-order valence-electron chi connectivity index (χ3n) is 3.69. The molecule has 0 atom stereocenters. The molecule has 6 nitrogen and oxygen atoms in total. The van der Waals surface area contributed by atoms with E-state index in [9.17, 15) is 4.79 Å². The van der Waals surface area contributed by atoms with Crippen molar-refractivity contribution in [3.8, 4) is 17.6 Å². The van der Waals surface area contributed by atoms with Crippen molar-refractivity contribution in [2.75, 3.05) is 18.6 Å². The number of benzene rings is 2. The Balaban J connectivity index is 1.87. The number of halogens is 1. The van der Waals surface area contributed by atoms with E-state index in [1.807, 2.05) is 18.2 Å². The largest absolute Gasteiger partial charge is 0.493 e. The first-order valence-corrected chi connectivity index (χ1v) is 9.40. The number of methoxy groups -OCH3 is 1. The second kappa shape index (κ2) is 8.29. The highest BCUT2D eigenvalue weighted by atomic mass is 79.9. The molecule has 0 saturated carbocycles. The minimum Gasteiger partial charge on any atom is -0.493 e. The number of amidine groups is 1. The van der Waals surface area contributed by atoms with Gasteiger partial charge in [-0.25, -0.2) is 0 Å². The maximum Gasteiger partial charge on any atom is 0.271 e. The van der Waals surface area contributed by atoms with Crippen LogP contribution in [-0.4, -0.2) is 24.8 Å². The Morgan fingerprint density at radius 2 is 2.00 bits per heavy atom. The fourth-order valence-corrected chi connectivity index (χ4v) is 3.59. The van der Waals surface area contributed by atoms with Crippen molar-refractivity contribution in [1.82, 2.24) is 0 Å². The number of nitrogens with zero attached hydrogens (tertiary/aromatic N) is 2. The molecule has 1 heterocycles. The molecule has 2 aromatic rings. The van der Waals surface area contributed by atoms with Crippen molar-refractivity contribution in [2.24, 2.45) is 0 Å². The Morgan fingerprint density at radius 1 is 1.26 bits per heavy atom. The van der Waals surface area contributed by atoms with Gasteiger partial charge < -0.3 is 9.47 Å². The lowest BCUT2D eigenvalue weighted by molar-refractivity contribution is -0.113. The number of carbonyl (C=O) groups is 1. The second-order valence-corrected chi connectivity index (χ2v) is 7.34. The van der Waals surface area contributed by atoms with Gasteiger partial charge in [0.15, 0.2) is 23.3 Å². The number of nitriles is 1. The van der Waals surface area contributed by atoms with Gasteiger partial charge in [-0.1, -0.05) is 22.0 Å². The van der Waals surface area contributed by atoms with E-state index in [2.05, 4.69) is 15.9 Å². The van der Waals surface area contributed by atoms with Crippen LogP contribution < -0.4 is 14.4 Å². The lowest BCUT2D eigenvalue weighted by Gasteiger charge is -2.14. The maximum absolute atomic E-state index is 12.8. The number of hydrogen-bond acceptors (Lipinski definition) is 6. The minimum atomic E-state index is -0.254. The molecule has 27 heavy (non-hydrogen) atoms. The topological polar surface area (TPSA) is 86.4 Å². The van der Waals surface area contributed by atoms with Gasteiger partial charge in [-0.15, -0.1) is 0 Å². The quantitative estimate of drug-likeness (QED) is 0.691. The third kappa shape index (κ3) is 4.15. The number of amides is 1. The van der Waals surface area contributed by atoms with Crippen molar-refractivity contribution >= 4 is 50.5 Å². The Bertz CT molecular complexity index is 967. The van der Waals surface area contributed by atoms with Crippen LogP contribution in [-0.2, 0) is 4.79 Å². The minimum absolute atomic E-state index is 0.0789. The Labute approximate surface area is 169 Å². The smallest absolute Gasteiger partial charge is 0.271 e. The van der Waals surface area contributed by atoms with Gasteiger partial charge in [0, 0.05) is 4.47 Å². The number of thioether (sulfide) groups is 1. The van der Waals surface area contributed by atoms with Gasteiger partial charge in [0.2, 0.25) is 0 Å². The van der Waals surface area contributed by atoms with Crippen molar-refractivity contribution < 1.29 is 14.3 Å². The zero-order valence-electron chi connectivity index (χ0n) is 14.2. The van der Waals surface area contributed by atoms with E-state index in [1.165, 1.54) is 12.0 Å². The molecule has 1 aliphatic heterocycles. The average molecular weight is 444 g/mol. The van der Waals surface area contributed by atoms with Gasteiger partial charge in [-0.3, -0.25) is 15.1 Å². The molecule has 0 aliphatic carbocycles. The van der Waals surface area contributed by atoms with Crippen molar-refractivity contribution in [1.29, 1.82) is 10.7 Å². The van der Waals surface area contributed by atoms with Gasteiger partial charge in [-0.05, 0) is 59.8 Å². The molecule has 0 spiro atoms. The van der Waals surface area contributed by atoms with Crippen LogP contribution in [0.15, 0.2) is 51.8 Å². The summed E-state index contributed by atoms with van der Waals surface area (Å²) >= 11 is 4.46. The molecular formula is C19H14BrN3O3S. The lowest BCUT2D eigenvalue weighted by Crippen LogP contribution is -2.27. The van der Waals surface area contributed by atoms with Crippen LogP contribution in [0.25, 0.3) is 6.08 Å². The molecule has 8 heteroatoms. The van der Waals surface area contributed by atoms with Crippen LogP contribution in [0, 0.1) is 16.7 Å². The molecule has 1 N–H and O–H groups in total. The van der Waals surface area contributed by atoms with Crippen molar-refractivity contribution in [3.63, 3.8) is 0 Å². The van der Waals surface area contributed by atoms with Crippen molar-refractivity contribution in [3.05, 3.63) is 57.4 Å². The number of rotatable bonds is 5. The summed E-state index contributed by atoms with van der Waals surface area (Å²) in [6.07, 6.45) is 1.71. The molecular weight excluding hydrogens is 430 g/mol.